The number of rotatable bonds is 1. The van der Waals surface area contributed by atoms with E-state index in [2.05, 4.69) is 4.74 Å². The van der Waals surface area contributed by atoms with E-state index in [1.165, 1.54) is 7.11 Å². The van der Waals surface area contributed by atoms with Crippen LogP contribution in [0.1, 0.15) is 29.8 Å². The second kappa shape index (κ2) is 6.23. The highest BCUT2D eigenvalue weighted by Gasteiger charge is 2.02. The lowest BCUT2D eigenvalue weighted by molar-refractivity contribution is 0.0600. The topological polar surface area (TPSA) is 26.3 Å². The molecular formula is C11H16O2. The molecule has 0 radical (unpaired) electrons. The van der Waals surface area contributed by atoms with Crippen molar-refractivity contribution in [2.45, 2.75) is 20.8 Å². The van der Waals surface area contributed by atoms with Crippen molar-refractivity contribution in [1.29, 1.82) is 0 Å². The van der Waals surface area contributed by atoms with Gasteiger partial charge < -0.3 is 4.74 Å². The van der Waals surface area contributed by atoms with Crippen LogP contribution in [0.15, 0.2) is 24.3 Å². The van der Waals surface area contributed by atoms with E-state index in [-0.39, 0.29) is 5.97 Å². The first-order valence-corrected chi connectivity index (χ1v) is 4.39. The van der Waals surface area contributed by atoms with E-state index < -0.39 is 0 Å². The minimum Gasteiger partial charge on any atom is -0.465 e. The van der Waals surface area contributed by atoms with Crippen LogP contribution in [0.25, 0.3) is 0 Å². The Balaban J connectivity index is 0.000000671. The van der Waals surface area contributed by atoms with Gasteiger partial charge in [0.1, 0.15) is 0 Å². The molecule has 1 aromatic carbocycles. The fourth-order valence-corrected chi connectivity index (χ4v) is 0.890. The molecule has 0 saturated heterocycles. The number of hydrogen-bond acceptors (Lipinski definition) is 2. The lowest BCUT2D eigenvalue weighted by atomic mass is 10.1. The monoisotopic (exact) mass is 180 g/mol. The molecule has 0 aliphatic heterocycles. The zero-order chi connectivity index (χ0) is 10.3. The Morgan fingerprint density at radius 2 is 1.92 bits per heavy atom. The molecule has 0 bridgehead atoms. The molecule has 2 nitrogen and oxygen atoms in total. The van der Waals surface area contributed by atoms with Gasteiger partial charge in [0.25, 0.3) is 0 Å². The Hall–Kier alpha value is -1.31. The molecule has 0 aromatic heterocycles. The third-order valence-electron chi connectivity index (χ3n) is 1.44. The Morgan fingerprint density at radius 1 is 1.31 bits per heavy atom. The summed E-state index contributed by atoms with van der Waals surface area (Å²) in [5.74, 6) is -0.284. The molecule has 0 aliphatic rings. The van der Waals surface area contributed by atoms with Gasteiger partial charge in [0.2, 0.25) is 0 Å². The van der Waals surface area contributed by atoms with Gasteiger partial charge in [-0.15, -0.1) is 0 Å². The molecule has 1 aromatic rings. The minimum atomic E-state index is -0.284. The van der Waals surface area contributed by atoms with E-state index in [1.54, 1.807) is 12.1 Å². The number of aryl methyl sites for hydroxylation is 1. The number of ether oxygens (including phenoxy) is 1. The zero-order valence-corrected chi connectivity index (χ0v) is 8.63. The van der Waals surface area contributed by atoms with E-state index in [9.17, 15) is 4.79 Å². The summed E-state index contributed by atoms with van der Waals surface area (Å²) in [4.78, 5) is 10.9. The van der Waals surface area contributed by atoms with Gasteiger partial charge in [-0.25, -0.2) is 4.79 Å². The molecule has 0 unspecified atom stereocenters. The summed E-state index contributed by atoms with van der Waals surface area (Å²) in [6, 6.07) is 7.30. The first-order chi connectivity index (χ1) is 6.24. The van der Waals surface area contributed by atoms with Gasteiger partial charge in [-0.2, -0.15) is 0 Å². The highest BCUT2D eigenvalue weighted by molar-refractivity contribution is 5.89. The van der Waals surface area contributed by atoms with Gasteiger partial charge in [0.15, 0.2) is 0 Å². The van der Waals surface area contributed by atoms with Crippen molar-refractivity contribution < 1.29 is 9.53 Å². The van der Waals surface area contributed by atoms with Crippen molar-refractivity contribution in [3.05, 3.63) is 35.4 Å². The Morgan fingerprint density at radius 3 is 2.38 bits per heavy atom. The van der Waals surface area contributed by atoms with Crippen LogP contribution in [0.4, 0.5) is 0 Å². The smallest absolute Gasteiger partial charge is 0.337 e. The summed E-state index contributed by atoms with van der Waals surface area (Å²) in [6.07, 6.45) is 0. The van der Waals surface area contributed by atoms with Gasteiger partial charge in [0.05, 0.1) is 12.7 Å². The SMILES string of the molecule is CC.COC(=O)c1cccc(C)c1. The van der Waals surface area contributed by atoms with Crippen molar-refractivity contribution >= 4 is 5.97 Å². The third-order valence-corrected chi connectivity index (χ3v) is 1.44. The Labute approximate surface area is 79.5 Å². The molecule has 1 rings (SSSR count). The molecular weight excluding hydrogens is 164 g/mol. The number of methoxy groups -OCH3 is 1. The van der Waals surface area contributed by atoms with Gasteiger partial charge in [0, 0.05) is 0 Å². The van der Waals surface area contributed by atoms with Gasteiger partial charge >= 0.3 is 5.97 Å². The molecule has 0 N–H and O–H groups in total. The molecule has 0 saturated carbocycles. The molecule has 72 valence electrons. The fourth-order valence-electron chi connectivity index (χ4n) is 0.890. The zero-order valence-electron chi connectivity index (χ0n) is 8.63. The molecule has 0 fully saturated rings. The Kier molecular flexibility index (Phi) is 5.60. The van der Waals surface area contributed by atoms with E-state index in [4.69, 9.17) is 0 Å². The van der Waals surface area contributed by atoms with Crippen molar-refractivity contribution in [2.75, 3.05) is 7.11 Å². The van der Waals surface area contributed by atoms with Gasteiger partial charge in [-0.05, 0) is 19.1 Å². The molecule has 0 aliphatic carbocycles. The maximum atomic E-state index is 10.9. The maximum Gasteiger partial charge on any atom is 0.337 e. The molecule has 0 atom stereocenters. The number of carbonyl (C=O) groups is 1. The second-order valence-electron chi connectivity index (χ2n) is 2.36. The van der Waals surface area contributed by atoms with Crippen LogP contribution in [0.2, 0.25) is 0 Å². The van der Waals surface area contributed by atoms with Crippen molar-refractivity contribution in [3.8, 4) is 0 Å². The average molecular weight is 180 g/mol. The summed E-state index contributed by atoms with van der Waals surface area (Å²) >= 11 is 0. The van der Waals surface area contributed by atoms with Crippen LogP contribution < -0.4 is 0 Å². The lowest BCUT2D eigenvalue weighted by Gasteiger charge is -1.98. The first-order valence-electron chi connectivity index (χ1n) is 4.39. The van der Waals surface area contributed by atoms with Crippen LogP contribution in [-0.2, 0) is 4.74 Å². The van der Waals surface area contributed by atoms with Crippen LogP contribution >= 0.6 is 0 Å². The minimum absolute atomic E-state index is 0.284. The molecule has 13 heavy (non-hydrogen) atoms. The molecule has 0 amide bonds. The fraction of sp³-hybridized carbons (Fsp3) is 0.364. The van der Waals surface area contributed by atoms with Crippen LogP contribution in [0.5, 0.6) is 0 Å². The average Bonchev–Trinajstić information content (AvgIpc) is 2.20. The van der Waals surface area contributed by atoms with Crippen molar-refractivity contribution in [2.24, 2.45) is 0 Å². The highest BCUT2D eigenvalue weighted by atomic mass is 16.5. The summed E-state index contributed by atoms with van der Waals surface area (Å²) in [6.45, 7) is 5.94. The molecule has 2 heteroatoms. The van der Waals surface area contributed by atoms with Crippen molar-refractivity contribution in [1.82, 2.24) is 0 Å². The van der Waals surface area contributed by atoms with Gasteiger partial charge in [-0.3, -0.25) is 0 Å². The summed E-state index contributed by atoms with van der Waals surface area (Å²) in [7, 11) is 1.38. The van der Waals surface area contributed by atoms with E-state index in [1.807, 2.05) is 32.9 Å². The first kappa shape index (κ1) is 11.7. The quantitative estimate of drug-likeness (QED) is 0.621. The number of benzene rings is 1. The van der Waals surface area contributed by atoms with Crippen molar-refractivity contribution in [3.63, 3.8) is 0 Å². The maximum absolute atomic E-state index is 10.9. The normalized spacial score (nSPS) is 8.31. The summed E-state index contributed by atoms with van der Waals surface area (Å²) < 4.78 is 4.55. The Bertz CT molecular complexity index is 267. The van der Waals surface area contributed by atoms with Crippen LogP contribution in [0, 0.1) is 6.92 Å². The number of esters is 1. The molecule has 0 spiro atoms. The predicted molar refractivity (Wildman–Crippen MR) is 53.9 cm³/mol. The van der Waals surface area contributed by atoms with E-state index in [0.717, 1.165) is 5.56 Å². The van der Waals surface area contributed by atoms with Gasteiger partial charge in [-0.1, -0.05) is 31.5 Å². The van der Waals surface area contributed by atoms with E-state index >= 15 is 0 Å². The van der Waals surface area contributed by atoms with Crippen LogP contribution in [0.3, 0.4) is 0 Å². The second-order valence-corrected chi connectivity index (χ2v) is 2.36. The number of carbonyl (C=O) groups excluding carboxylic acids is 1. The highest BCUT2D eigenvalue weighted by Crippen LogP contribution is 2.04. The predicted octanol–water partition coefficient (Wildman–Crippen LogP) is 2.81. The standard InChI is InChI=1S/C9H10O2.C2H6/c1-7-4-3-5-8(6-7)9(10)11-2;1-2/h3-6H,1-2H3;1-2H3. The summed E-state index contributed by atoms with van der Waals surface area (Å²) in [5.41, 5.74) is 1.67. The molecule has 0 heterocycles. The lowest BCUT2D eigenvalue weighted by Crippen LogP contribution is -2.00. The third kappa shape index (κ3) is 3.74. The van der Waals surface area contributed by atoms with Crippen LogP contribution in [-0.4, -0.2) is 13.1 Å². The van der Waals surface area contributed by atoms with E-state index in [0.29, 0.717) is 5.56 Å². The largest absolute Gasteiger partial charge is 0.465 e. The summed E-state index contributed by atoms with van der Waals surface area (Å²) in [5, 5.41) is 0. The number of hydrogen-bond donors (Lipinski definition) is 0.